The van der Waals surface area contributed by atoms with Crippen LogP contribution in [0.2, 0.25) is 0 Å². The Morgan fingerprint density at radius 3 is 2.36 bits per heavy atom. The molecule has 1 amide bonds. The highest BCUT2D eigenvalue weighted by Crippen LogP contribution is 2.29. The van der Waals surface area contributed by atoms with E-state index in [0.29, 0.717) is 17.1 Å². The number of nitrogens with one attached hydrogen (secondary N) is 1. The summed E-state index contributed by atoms with van der Waals surface area (Å²) in [6.45, 7) is 1.92. The second-order valence-corrected chi connectivity index (χ2v) is 5.73. The van der Waals surface area contributed by atoms with Crippen molar-refractivity contribution in [3.63, 3.8) is 0 Å². The molecule has 0 heterocycles. The summed E-state index contributed by atoms with van der Waals surface area (Å²) in [5.41, 5.74) is 1.51. The van der Waals surface area contributed by atoms with Crippen molar-refractivity contribution in [3.8, 4) is 11.5 Å². The number of ether oxygens (including phenoxy) is 2. The molecule has 2 rings (SSSR count). The van der Waals surface area contributed by atoms with E-state index in [4.69, 9.17) is 9.47 Å². The first-order valence-electron chi connectivity index (χ1n) is 6.83. The normalized spacial score (nSPS) is 11.6. The monoisotopic (exact) mass is 363 g/mol. The third-order valence-corrected chi connectivity index (χ3v) is 3.89. The fourth-order valence-corrected chi connectivity index (χ4v) is 2.40. The van der Waals surface area contributed by atoms with Gasteiger partial charge >= 0.3 is 0 Å². The van der Waals surface area contributed by atoms with Crippen molar-refractivity contribution in [2.75, 3.05) is 14.2 Å². The second kappa shape index (κ2) is 7.31. The van der Waals surface area contributed by atoms with Crippen LogP contribution in [0.4, 0.5) is 0 Å². The lowest BCUT2D eigenvalue weighted by atomic mass is 10.1. The van der Waals surface area contributed by atoms with Crippen molar-refractivity contribution in [2.24, 2.45) is 0 Å². The Morgan fingerprint density at radius 2 is 1.77 bits per heavy atom. The molecule has 22 heavy (non-hydrogen) atoms. The number of methoxy groups -OCH3 is 2. The molecule has 5 heteroatoms. The van der Waals surface area contributed by atoms with Crippen LogP contribution in [-0.4, -0.2) is 20.1 Å². The van der Waals surface area contributed by atoms with E-state index in [1.165, 1.54) is 0 Å². The first kappa shape index (κ1) is 16.4. The smallest absolute Gasteiger partial charge is 0.251 e. The molecule has 0 radical (unpaired) electrons. The van der Waals surface area contributed by atoms with Crippen LogP contribution in [0.5, 0.6) is 11.5 Å². The summed E-state index contributed by atoms with van der Waals surface area (Å²) >= 11 is 3.35. The molecule has 4 nitrogen and oxygen atoms in total. The van der Waals surface area contributed by atoms with Gasteiger partial charge in [0.1, 0.15) is 11.5 Å². The summed E-state index contributed by atoms with van der Waals surface area (Å²) in [7, 11) is 3.20. The molecular formula is C17H18BrNO3. The van der Waals surface area contributed by atoms with Crippen molar-refractivity contribution >= 4 is 21.8 Å². The molecule has 1 unspecified atom stereocenters. The van der Waals surface area contributed by atoms with Crippen molar-refractivity contribution in [1.29, 1.82) is 0 Å². The van der Waals surface area contributed by atoms with Crippen molar-refractivity contribution in [2.45, 2.75) is 13.0 Å². The predicted octanol–water partition coefficient (Wildman–Crippen LogP) is 3.96. The fourth-order valence-electron chi connectivity index (χ4n) is 2.14. The SMILES string of the molecule is COc1ccc(C(C)NC(=O)c2ccc(Br)cc2)c(OC)c1. The summed E-state index contributed by atoms with van der Waals surface area (Å²) in [6.07, 6.45) is 0. The van der Waals surface area contributed by atoms with E-state index >= 15 is 0 Å². The number of benzene rings is 2. The third kappa shape index (κ3) is 3.80. The number of amides is 1. The number of carbonyl (C=O) groups excluding carboxylic acids is 1. The summed E-state index contributed by atoms with van der Waals surface area (Å²) in [5, 5.41) is 2.97. The predicted molar refractivity (Wildman–Crippen MR) is 89.6 cm³/mol. The minimum Gasteiger partial charge on any atom is -0.497 e. The topological polar surface area (TPSA) is 47.6 Å². The van der Waals surface area contributed by atoms with Gasteiger partial charge in [-0.05, 0) is 43.3 Å². The van der Waals surface area contributed by atoms with Gasteiger partial charge < -0.3 is 14.8 Å². The molecule has 0 saturated carbocycles. The molecule has 0 aromatic heterocycles. The van der Waals surface area contributed by atoms with Crippen LogP contribution in [0.3, 0.4) is 0 Å². The van der Waals surface area contributed by atoms with Gasteiger partial charge in [-0.25, -0.2) is 0 Å². The van der Waals surface area contributed by atoms with Gasteiger partial charge in [-0.15, -0.1) is 0 Å². The lowest BCUT2D eigenvalue weighted by Crippen LogP contribution is -2.26. The zero-order valence-electron chi connectivity index (χ0n) is 12.7. The summed E-state index contributed by atoms with van der Waals surface area (Å²) in [6, 6.07) is 12.6. The summed E-state index contributed by atoms with van der Waals surface area (Å²) < 4.78 is 11.5. The molecule has 0 spiro atoms. The molecule has 0 aliphatic heterocycles. The maximum absolute atomic E-state index is 12.3. The van der Waals surface area contributed by atoms with Crippen LogP contribution in [-0.2, 0) is 0 Å². The molecule has 116 valence electrons. The molecule has 2 aromatic rings. The van der Waals surface area contributed by atoms with Gasteiger partial charge in [-0.3, -0.25) is 4.79 Å². The van der Waals surface area contributed by atoms with Gasteiger partial charge in [0.05, 0.1) is 20.3 Å². The molecule has 0 aliphatic carbocycles. The number of carbonyl (C=O) groups is 1. The van der Waals surface area contributed by atoms with Crippen LogP contribution in [0, 0.1) is 0 Å². The lowest BCUT2D eigenvalue weighted by molar-refractivity contribution is 0.0939. The Labute approximate surface area is 138 Å². The average Bonchev–Trinajstić information content (AvgIpc) is 2.54. The Morgan fingerprint density at radius 1 is 1.09 bits per heavy atom. The summed E-state index contributed by atoms with van der Waals surface area (Å²) in [4.78, 5) is 12.3. The second-order valence-electron chi connectivity index (χ2n) is 4.81. The largest absolute Gasteiger partial charge is 0.497 e. The quantitative estimate of drug-likeness (QED) is 0.874. The number of halogens is 1. The Bertz CT molecular complexity index is 655. The third-order valence-electron chi connectivity index (χ3n) is 3.36. The van der Waals surface area contributed by atoms with E-state index < -0.39 is 0 Å². The van der Waals surface area contributed by atoms with Crippen LogP contribution >= 0.6 is 15.9 Å². The van der Waals surface area contributed by atoms with E-state index in [0.717, 1.165) is 10.0 Å². The van der Waals surface area contributed by atoms with Gasteiger partial charge in [0, 0.05) is 21.7 Å². The standard InChI is InChI=1S/C17H18BrNO3/c1-11(15-9-8-14(21-2)10-16(15)22-3)19-17(20)12-4-6-13(18)7-5-12/h4-11H,1-3H3,(H,19,20). The van der Waals surface area contributed by atoms with Gasteiger partial charge in [0.25, 0.3) is 5.91 Å². The van der Waals surface area contributed by atoms with Crippen LogP contribution in [0.1, 0.15) is 28.9 Å². The van der Waals surface area contributed by atoms with Crippen molar-refractivity contribution in [3.05, 3.63) is 58.1 Å². The Hall–Kier alpha value is -2.01. The minimum atomic E-state index is -0.183. The van der Waals surface area contributed by atoms with E-state index in [1.807, 2.05) is 31.2 Å². The van der Waals surface area contributed by atoms with Crippen LogP contribution < -0.4 is 14.8 Å². The molecule has 0 saturated heterocycles. The van der Waals surface area contributed by atoms with Gasteiger partial charge in [0.2, 0.25) is 0 Å². The zero-order valence-corrected chi connectivity index (χ0v) is 14.3. The van der Waals surface area contributed by atoms with E-state index in [9.17, 15) is 4.79 Å². The molecule has 1 N–H and O–H groups in total. The first-order chi connectivity index (χ1) is 10.5. The van der Waals surface area contributed by atoms with Crippen molar-refractivity contribution in [1.82, 2.24) is 5.32 Å². The highest BCUT2D eigenvalue weighted by atomic mass is 79.9. The van der Waals surface area contributed by atoms with Crippen LogP contribution in [0.15, 0.2) is 46.9 Å². The van der Waals surface area contributed by atoms with Crippen LogP contribution in [0.25, 0.3) is 0 Å². The summed E-state index contributed by atoms with van der Waals surface area (Å²) in [5.74, 6) is 1.27. The van der Waals surface area contributed by atoms with E-state index in [1.54, 1.807) is 32.4 Å². The van der Waals surface area contributed by atoms with E-state index in [2.05, 4.69) is 21.2 Å². The van der Waals surface area contributed by atoms with Gasteiger partial charge in [0.15, 0.2) is 0 Å². The van der Waals surface area contributed by atoms with Crippen molar-refractivity contribution < 1.29 is 14.3 Å². The fraction of sp³-hybridized carbons (Fsp3) is 0.235. The molecule has 2 aromatic carbocycles. The molecule has 0 bridgehead atoms. The highest BCUT2D eigenvalue weighted by molar-refractivity contribution is 9.10. The zero-order chi connectivity index (χ0) is 16.1. The minimum absolute atomic E-state index is 0.127. The first-order valence-corrected chi connectivity index (χ1v) is 7.62. The maximum atomic E-state index is 12.3. The molecular weight excluding hydrogens is 346 g/mol. The maximum Gasteiger partial charge on any atom is 0.251 e. The molecule has 1 atom stereocenters. The highest BCUT2D eigenvalue weighted by Gasteiger charge is 2.15. The van der Waals surface area contributed by atoms with E-state index in [-0.39, 0.29) is 11.9 Å². The molecule has 0 fully saturated rings. The molecule has 0 aliphatic rings. The number of rotatable bonds is 5. The average molecular weight is 364 g/mol. The van der Waals surface area contributed by atoms with Gasteiger partial charge in [-0.1, -0.05) is 15.9 Å². The Balaban J connectivity index is 2.16. The van der Waals surface area contributed by atoms with Gasteiger partial charge in [-0.2, -0.15) is 0 Å². The number of hydrogen-bond donors (Lipinski definition) is 1. The number of hydrogen-bond acceptors (Lipinski definition) is 3. The Kier molecular flexibility index (Phi) is 5.44. The lowest BCUT2D eigenvalue weighted by Gasteiger charge is -2.18.